The summed E-state index contributed by atoms with van der Waals surface area (Å²) in [5.74, 6) is -0.653. The van der Waals surface area contributed by atoms with Crippen LogP contribution in [0.4, 0.5) is 15.9 Å². The summed E-state index contributed by atoms with van der Waals surface area (Å²) in [6, 6.07) is 6.56. The Hall–Kier alpha value is -2.54. The topological polar surface area (TPSA) is 66.9 Å². The van der Waals surface area contributed by atoms with Crippen LogP contribution in [-0.4, -0.2) is 22.9 Å². The molecule has 0 saturated carbocycles. The molecule has 7 heteroatoms. The second kappa shape index (κ2) is 5.45. The first kappa shape index (κ1) is 13.4. The van der Waals surface area contributed by atoms with Crippen LogP contribution in [0.15, 0.2) is 36.0 Å². The molecule has 3 aromatic rings. The molecule has 106 valence electrons. The Morgan fingerprint density at radius 3 is 2.95 bits per heavy atom. The van der Waals surface area contributed by atoms with Crippen LogP contribution < -0.4 is 10.6 Å². The Bertz CT molecular complexity index is 818. The van der Waals surface area contributed by atoms with Crippen molar-refractivity contribution >= 4 is 39.0 Å². The van der Waals surface area contributed by atoms with Crippen molar-refractivity contribution in [2.24, 2.45) is 0 Å². The fraction of sp³-hybridized carbons (Fsp3) is 0.0714. The summed E-state index contributed by atoms with van der Waals surface area (Å²) in [5.41, 5.74) is 3.40. The smallest absolute Gasteiger partial charge is 0.259 e. The van der Waals surface area contributed by atoms with Gasteiger partial charge in [-0.3, -0.25) is 4.79 Å². The average Bonchev–Trinajstić information content (AvgIpc) is 2.94. The minimum atomic E-state index is -0.558. The molecule has 0 fully saturated rings. The molecule has 0 atom stereocenters. The number of halogens is 1. The number of rotatable bonds is 3. The summed E-state index contributed by atoms with van der Waals surface area (Å²) < 4.78 is 14.2. The van der Waals surface area contributed by atoms with Crippen molar-refractivity contribution < 1.29 is 9.18 Å². The van der Waals surface area contributed by atoms with Crippen LogP contribution >= 0.6 is 11.3 Å². The zero-order valence-electron chi connectivity index (χ0n) is 11.1. The highest BCUT2D eigenvalue weighted by molar-refractivity contribution is 7.16. The van der Waals surface area contributed by atoms with Gasteiger partial charge >= 0.3 is 0 Å². The maximum Gasteiger partial charge on any atom is 0.259 e. The van der Waals surface area contributed by atoms with Gasteiger partial charge in [0.05, 0.1) is 27.5 Å². The predicted molar refractivity (Wildman–Crippen MR) is 81.3 cm³/mol. The van der Waals surface area contributed by atoms with Crippen LogP contribution in [0.5, 0.6) is 0 Å². The van der Waals surface area contributed by atoms with Gasteiger partial charge in [-0.25, -0.2) is 14.4 Å². The molecule has 2 N–H and O–H groups in total. The number of hydrogen-bond donors (Lipinski definition) is 2. The molecule has 2 heterocycles. The fourth-order valence-electron chi connectivity index (χ4n) is 1.94. The number of thiazole rings is 1. The van der Waals surface area contributed by atoms with E-state index in [1.165, 1.54) is 11.3 Å². The molecular formula is C14H11FN4OS. The third kappa shape index (κ3) is 2.68. The lowest BCUT2D eigenvalue weighted by molar-refractivity contribution is 0.102. The molecule has 0 aliphatic rings. The van der Waals surface area contributed by atoms with Crippen molar-refractivity contribution in [2.45, 2.75) is 0 Å². The van der Waals surface area contributed by atoms with Crippen LogP contribution in [0.1, 0.15) is 10.4 Å². The minimum Gasteiger partial charge on any atom is -0.372 e. The Morgan fingerprint density at radius 1 is 1.29 bits per heavy atom. The SMILES string of the molecule is CNc1ncc(F)cc1C(=O)Nc1ccc2ncsc2c1. The van der Waals surface area contributed by atoms with Crippen molar-refractivity contribution in [2.75, 3.05) is 17.7 Å². The van der Waals surface area contributed by atoms with E-state index in [1.807, 2.05) is 12.1 Å². The zero-order valence-corrected chi connectivity index (χ0v) is 11.9. The number of fused-ring (bicyclic) bond motifs is 1. The Balaban J connectivity index is 1.90. The van der Waals surface area contributed by atoms with Crippen molar-refractivity contribution in [3.05, 3.63) is 47.4 Å². The molecule has 0 spiro atoms. The largest absolute Gasteiger partial charge is 0.372 e. The van der Waals surface area contributed by atoms with Gasteiger partial charge in [0, 0.05) is 12.7 Å². The monoisotopic (exact) mass is 302 g/mol. The van der Waals surface area contributed by atoms with E-state index in [-0.39, 0.29) is 5.56 Å². The maximum absolute atomic E-state index is 13.3. The molecule has 0 radical (unpaired) electrons. The van der Waals surface area contributed by atoms with Crippen LogP contribution in [0.2, 0.25) is 0 Å². The highest BCUT2D eigenvalue weighted by atomic mass is 32.1. The normalized spacial score (nSPS) is 10.6. The van der Waals surface area contributed by atoms with E-state index in [0.29, 0.717) is 11.5 Å². The number of nitrogens with one attached hydrogen (secondary N) is 2. The predicted octanol–water partition coefficient (Wildman–Crippen LogP) is 3.12. The number of anilines is 2. The quantitative estimate of drug-likeness (QED) is 0.780. The second-order valence-electron chi connectivity index (χ2n) is 4.29. The van der Waals surface area contributed by atoms with Gasteiger partial charge in [-0.05, 0) is 24.3 Å². The molecule has 3 rings (SSSR count). The summed E-state index contributed by atoms with van der Waals surface area (Å²) in [5, 5.41) is 5.50. The van der Waals surface area contributed by atoms with Gasteiger partial charge in [-0.1, -0.05) is 0 Å². The summed E-state index contributed by atoms with van der Waals surface area (Å²) in [7, 11) is 1.63. The lowest BCUT2D eigenvalue weighted by atomic mass is 10.2. The number of benzene rings is 1. The summed E-state index contributed by atoms with van der Waals surface area (Å²) in [6.07, 6.45) is 1.06. The molecule has 21 heavy (non-hydrogen) atoms. The van der Waals surface area contributed by atoms with Crippen LogP contribution in [0.3, 0.4) is 0 Å². The van der Waals surface area contributed by atoms with Crippen LogP contribution in [0, 0.1) is 5.82 Å². The number of nitrogens with zero attached hydrogens (tertiary/aromatic N) is 2. The van der Waals surface area contributed by atoms with E-state index in [4.69, 9.17) is 0 Å². The molecule has 5 nitrogen and oxygen atoms in total. The van der Waals surface area contributed by atoms with Crippen molar-refractivity contribution in [1.29, 1.82) is 0 Å². The van der Waals surface area contributed by atoms with Crippen molar-refractivity contribution in [3.8, 4) is 0 Å². The van der Waals surface area contributed by atoms with Gasteiger partial charge in [0.2, 0.25) is 0 Å². The first-order chi connectivity index (χ1) is 10.2. The highest BCUT2D eigenvalue weighted by Crippen LogP contribution is 2.23. The van der Waals surface area contributed by atoms with E-state index in [9.17, 15) is 9.18 Å². The average molecular weight is 302 g/mol. The van der Waals surface area contributed by atoms with Crippen molar-refractivity contribution in [1.82, 2.24) is 9.97 Å². The van der Waals surface area contributed by atoms with E-state index >= 15 is 0 Å². The molecule has 1 aromatic carbocycles. The minimum absolute atomic E-state index is 0.155. The number of aromatic nitrogens is 2. The number of hydrogen-bond acceptors (Lipinski definition) is 5. The first-order valence-corrected chi connectivity index (χ1v) is 7.03. The number of carbonyl (C=O) groups is 1. The lowest BCUT2D eigenvalue weighted by Gasteiger charge is -2.09. The Kier molecular flexibility index (Phi) is 3.49. The molecule has 0 unspecified atom stereocenters. The number of pyridine rings is 1. The van der Waals surface area contributed by atoms with E-state index in [1.54, 1.807) is 18.6 Å². The van der Waals surface area contributed by atoms with Gasteiger partial charge in [0.25, 0.3) is 5.91 Å². The van der Waals surface area contributed by atoms with E-state index in [0.717, 1.165) is 22.5 Å². The Labute approximate surface area is 123 Å². The van der Waals surface area contributed by atoms with Gasteiger partial charge < -0.3 is 10.6 Å². The maximum atomic E-state index is 13.3. The zero-order chi connectivity index (χ0) is 14.8. The molecule has 0 bridgehead atoms. The van der Waals surface area contributed by atoms with Crippen LogP contribution in [-0.2, 0) is 0 Å². The molecule has 0 aliphatic carbocycles. The standard InChI is InChI=1S/C14H11FN4OS/c1-16-13-10(4-8(15)6-17-13)14(20)19-9-2-3-11-12(5-9)21-7-18-11/h2-7H,1H3,(H,16,17)(H,19,20). The van der Waals surface area contributed by atoms with Crippen LogP contribution in [0.25, 0.3) is 10.2 Å². The Morgan fingerprint density at radius 2 is 2.14 bits per heavy atom. The van der Waals surface area contributed by atoms with Gasteiger partial charge in [-0.2, -0.15) is 0 Å². The van der Waals surface area contributed by atoms with E-state index < -0.39 is 11.7 Å². The third-order valence-electron chi connectivity index (χ3n) is 2.92. The summed E-state index contributed by atoms with van der Waals surface area (Å²) in [6.45, 7) is 0. The van der Waals surface area contributed by atoms with Crippen molar-refractivity contribution in [3.63, 3.8) is 0 Å². The summed E-state index contributed by atoms with van der Waals surface area (Å²) >= 11 is 1.49. The van der Waals surface area contributed by atoms with Gasteiger partial charge in [0.15, 0.2) is 0 Å². The third-order valence-corrected chi connectivity index (χ3v) is 3.72. The van der Waals surface area contributed by atoms with Gasteiger partial charge in [0.1, 0.15) is 11.6 Å². The molecule has 0 aliphatic heterocycles. The first-order valence-electron chi connectivity index (χ1n) is 6.15. The lowest BCUT2D eigenvalue weighted by Crippen LogP contribution is -2.15. The highest BCUT2D eigenvalue weighted by Gasteiger charge is 2.14. The van der Waals surface area contributed by atoms with Gasteiger partial charge in [-0.15, -0.1) is 11.3 Å². The molecule has 2 aromatic heterocycles. The summed E-state index contributed by atoms with van der Waals surface area (Å²) in [4.78, 5) is 20.3. The molecular weight excluding hydrogens is 291 g/mol. The molecule has 0 saturated heterocycles. The van der Waals surface area contributed by atoms with E-state index in [2.05, 4.69) is 20.6 Å². The number of amides is 1. The number of carbonyl (C=O) groups excluding carboxylic acids is 1. The fourth-order valence-corrected chi connectivity index (χ4v) is 2.66. The second-order valence-corrected chi connectivity index (χ2v) is 5.18. The molecule has 1 amide bonds.